The lowest BCUT2D eigenvalue weighted by molar-refractivity contribution is 0.101. The van der Waals surface area contributed by atoms with Crippen molar-refractivity contribution in [3.05, 3.63) is 29.8 Å². The molecule has 1 fully saturated rings. The molecule has 106 valence electrons. The van der Waals surface area contributed by atoms with Crippen LogP contribution in [0.25, 0.3) is 0 Å². The summed E-state index contributed by atoms with van der Waals surface area (Å²) >= 11 is 0. The Morgan fingerprint density at radius 1 is 1.53 bits per heavy atom. The molecule has 0 aromatic carbocycles. The minimum atomic E-state index is -0.279. The van der Waals surface area contributed by atoms with Gasteiger partial charge in [-0.15, -0.1) is 0 Å². The van der Waals surface area contributed by atoms with Crippen LogP contribution in [0, 0.1) is 5.82 Å². The van der Waals surface area contributed by atoms with Gasteiger partial charge in [-0.25, -0.2) is 4.39 Å². The van der Waals surface area contributed by atoms with Crippen molar-refractivity contribution in [2.75, 3.05) is 13.2 Å². The number of halogens is 1. The molecule has 19 heavy (non-hydrogen) atoms. The van der Waals surface area contributed by atoms with Crippen LogP contribution in [-0.4, -0.2) is 24.2 Å². The molecule has 2 rings (SSSR count). The lowest BCUT2D eigenvalue weighted by Crippen LogP contribution is -2.22. The van der Waals surface area contributed by atoms with E-state index in [4.69, 9.17) is 4.74 Å². The summed E-state index contributed by atoms with van der Waals surface area (Å²) in [5.74, 6) is -0.279. The molecular weight excluding hydrogens is 243 g/mol. The first-order chi connectivity index (χ1) is 9.29. The van der Waals surface area contributed by atoms with Crippen molar-refractivity contribution >= 4 is 0 Å². The second-order valence-corrected chi connectivity index (χ2v) is 5.08. The van der Waals surface area contributed by atoms with E-state index in [1.165, 1.54) is 25.1 Å². The summed E-state index contributed by atoms with van der Waals surface area (Å²) in [6.07, 6.45) is 7.38. The maximum absolute atomic E-state index is 12.9. The summed E-state index contributed by atoms with van der Waals surface area (Å²) in [5, 5.41) is 3.42. The number of nitrogens with one attached hydrogen (secondary N) is 1. The number of ether oxygens (including phenoxy) is 1. The number of aromatic nitrogens is 1. The van der Waals surface area contributed by atoms with Gasteiger partial charge in [0.25, 0.3) is 0 Å². The van der Waals surface area contributed by atoms with Crippen molar-refractivity contribution in [3.63, 3.8) is 0 Å². The van der Waals surface area contributed by atoms with E-state index in [9.17, 15) is 4.39 Å². The van der Waals surface area contributed by atoms with Crippen LogP contribution in [0.15, 0.2) is 18.3 Å². The monoisotopic (exact) mass is 266 g/mol. The molecule has 1 aromatic heterocycles. The van der Waals surface area contributed by atoms with Crippen molar-refractivity contribution in [2.24, 2.45) is 0 Å². The minimum absolute atomic E-state index is 0.215. The standard InChI is InChI=1S/C15H23FN2O/c1-2-17-14(15-9-8-12(16)11-18-15)7-3-5-13-6-4-10-19-13/h8-9,11,13-14,17H,2-7,10H2,1H3. The number of nitrogens with zero attached hydrogens (tertiary/aromatic N) is 1. The quantitative estimate of drug-likeness (QED) is 0.822. The van der Waals surface area contributed by atoms with Crippen molar-refractivity contribution in [1.29, 1.82) is 0 Å². The van der Waals surface area contributed by atoms with Crippen molar-refractivity contribution in [2.45, 2.75) is 51.2 Å². The van der Waals surface area contributed by atoms with Gasteiger partial charge < -0.3 is 10.1 Å². The van der Waals surface area contributed by atoms with Gasteiger partial charge in [0.1, 0.15) is 5.82 Å². The fourth-order valence-electron chi connectivity index (χ4n) is 2.62. The van der Waals surface area contributed by atoms with Crippen LogP contribution in [0.5, 0.6) is 0 Å². The first kappa shape index (κ1) is 14.4. The average Bonchev–Trinajstić information content (AvgIpc) is 2.92. The summed E-state index contributed by atoms with van der Waals surface area (Å²) in [5.41, 5.74) is 0.926. The third-order valence-corrected chi connectivity index (χ3v) is 3.60. The molecule has 3 nitrogen and oxygen atoms in total. The summed E-state index contributed by atoms with van der Waals surface area (Å²) in [6.45, 7) is 3.89. The molecular formula is C15H23FN2O. The zero-order valence-corrected chi connectivity index (χ0v) is 11.6. The van der Waals surface area contributed by atoms with Gasteiger partial charge in [-0.3, -0.25) is 4.98 Å². The van der Waals surface area contributed by atoms with Gasteiger partial charge in [0.2, 0.25) is 0 Å². The van der Waals surface area contributed by atoms with E-state index in [2.05, 4.69) is 17.2 Å². The van der Waals surface area contributed by atoms with Crippen LogP contribution >= 0.6 is 0 Å². The minimum Gasteiger partial charge on any atom is -0.378 e. The van der Waals surface area contributed by atoms with Crippen LogP contribution in [0.4, 0.5) is 4.39 Å². The first-order valence-electron chi connectivity index (χ1n) is 7.26. The van der Waals surface area contributed by atoms with Crippen molar-refractivity contribution < 1.29 is 9.13 Å². The highest BCUT2D eigenvalue weighted by Gasteiger charge is 2.17. The van der Waals surface area contributed by atoms with Crippen LogP contribution in [0.3, 0.4) is 0 Å². The van der Waals surface area contributed by atoms with Crippen LogP contribution in [-0.2, 0) is 4.74 Å². The average molecular weight is 266 g/mol. The molecule has 1 aliphatic heterocycles. The molecule has 0 bridgehead atoms. The summed E-state index contributed by atoms with van der Waals surface area (Å²) in [7, 11) is 0. The molecule has 0 aliphatic carbocycles. The third kappa shape index (κ3) is 4.55. The fraction of sp³-hybridized carbons (Fsp3) is 0.667. The molecule has 2 atom stereocenters. The maximum atomic E-state index is 12.9. The lowest BCUT2D eigenvalue weighted by Gasteiger charge is -2.18. The van der Waals surface area contributed by atoms with E-state index in [1.807, 2.05) is 0 Å². The van der Waals surface area contributed by atoms with Crippen LogP contribution in [0.2, 0.25) is 0 Å². The summed E-state index contributed by atoms with van der Waals surface area (Å²) in [4.78, 5) is 4.18. The molecule has 0 saturated carbocycles. The zero-order chi connectivity index (χ0) is 13.5. The Hall–Kier alpha value is -1.00. The molecule has 0 spiro atoms. The summed E-state index contributed by atoms with van der Waals surface area (Å²) in [6, 6.07) is 3.47. The van der Waals surface area contributed by atoms with Crippen molar-refractivity contribution in [1.82, 2.24) is 10.3 Å². The van der Waals surface area contributed by atoms with Crippen molar-refractivity contribution in [3.8, 4) is 0 Å². The number of hydrogen-bond donors (Lipinski definition) is 1. The van der Waals surface area contributed by atoms with Gasteiger partial charge in [0.15, 0.2) is 0 Å². The molecule has 2 unspecified atom stereocenters. The Bertz CT molecular complexity index is 363. The van der Waals surface area contributed by atoms with Gasteiger partial charge >= 0.3 is 0 Å². The number of hydrogen-bond acceptors (Lipinski definition) is 3. The Balaban J connectivity index is 1.82. The zero-order valence-electron chi connectivity index (χ0n) is 11.6. The third-order valence-electron chi connectivity index (χ3n) is 3.60. The Morgan fingerprint density at radius 2 is 2.42 bits per heavy atom. The Labute approximate surface area is 114 Å². The number of rotatable bonds is 7. The first-order valence-corrected chi connectivity index (χ1v) is 7.26. The fourth-order valence-corrected chi connectivity index (χ4v) is 2.62. The van der Waals surface area contributed by atoms with E-state index in [0.717, 1.165) is 38.1 Å². The molecule has 0 radical (unpaired) electrons. The van der Waals surface area contributed by atoms with E-state index in [1.54, 1.807) is 6.07 Å². The topological polar surface area (TPSA) is 34.1 Å². The van der Waals surface area contributed by atoms with Gasteiger partial charge in [-0.1, -0.05) is 6.92 Å². The molecule has 1 saturated heterocycles. The van der Waals surface area contributed by atoms with Crippen LogP contribution in [0.1, 0.15) is 50.8 Å². The summed E-state index contributed by atoms with van der Waals surface area (Å²) < 4.78 is 18.5. The Morgan fingerprint density at radius 3 is 3.05 bits per heavy atom. The molecule has 4 heteroatoms. The normalized spacial score (nSPS) is 20.6. The highest BCUT2D eigenvalue weighted by Crippen LogP contribution is 2.22. The van der Waals surface area contributed by atoms with Gasteiger partial charge in [0.05, 0.1) is 18.0 Å². The predicted octanol–water partition coefficient (Wildman–Crippen LogP) is 3.22. The Kier molecular flexibility index (Phi) is 5.73. The van der Waals surface area contributed by atoms with E-state index in [-0.39, 0.29) is 11.9 Å². The van der Waals surface area contributed by atoms with Gasteiger partial charge in [0, 0.05) is 12.6 Å². The van der Waals surface area contributed by atoms with Gasteiger partial charge in [-0.05, 0) is 50.8 Å². The van der Waals surface area contributed by atoms with E-state index in [0.29, 0.717) is 6.10 Å². The second-order valence-electron chi connectivity index (χ2n) is 5.08. The molecule has 1 N–H and O–H groups in total. The smallest absolute Gasteiger partial charge is 0.141 e. The molecule has 0 amide bonds. The highest BCUT2D eigenvalue weighted by molar-refractivity contribution is 5.09. The number of pyridine rings is 1. The lowest BCUT2D eigenvalue weighted by atomic mass is 10.0. The molecule has 2 heterocycles. The highest BCUT2D eigenvalue weighted by atomic mass is 19.1. The SMILES string of the molecule is CCNC(CCCC1CCCO1)c1ccc(F)cn1. The van der Waals surface area contributed by atoms with E-state index < -0.39 is 0 Å². The largest absolute Gasteiger partial charge is 0.378 e. The second kappa shape index (κ2) is 7.56. The van der Waals surface area contributed by atoms with Gasteiger partial charge in [-0.2, -0.15) is 0 Å². The predicted molar refractivity (Wildman–Crippen MR) is 73.4 cm³/mol. The van der Waals surface area contributed by atoms with E-state index >= 15 is 0 Å². The maximum Gasteiger partial charge on any atom is 0.141 e. The molecule has 1 aromatic rings. The molecule has 1 aliphatic rings. The van der Waals surface area contributed by atoms with Crippen LogP contribution < -0.4 is 5.32 Å².